The fourth-order valence-electron chi connectivity index (χ4n) is 4.24. The van der Waals surface area contributed by atoms with Gasteiger partial charge in [0.15, 0.2) is 5.78 Å². The lowest BCUT2D eigenvalue weighted by atomic mass is 9.77. The number of nitrogens with zero attached hydrogens (tertiary/aromatic N) is 1. The monoisotopic (exact) mass is 369 g/mol. The number of urea groups is 1. The molecule has 1 spiro atoms. The van der Waals surface area contributed by atoms with Crippen molar-refractivity contribution < 1.29 is 19.2 Å². The SMILES string of the molecule is CC1CCC2(CC1)NC(=O)N(CC(=O)c1ccc3c(c1)[C@H](C)C(=O)N3)C2=O. The molecule has 4 rings (SSSR count). The minimum absolute atomic E-state index is 0.0998. The van der Waals surface area contributed by atoms with E-state index in [-0.39, 0.29) is 30.1 Å². The highest BCUT2D eigenvalue weighted by Gasteiger charge is 2.52. The van der Waals surface area contributed by atoms with Gasteiger partial charge >= 0.3 is 6.03 Å². The summed E-state index contributed by atoms with van der Waals surface area (Å²) in [5, 5.41) is 5.60. The Hall–Kier alpha value is -2.70. The first-order valence-electron chi connectivity index (χ1n) is 9.43. The molecule has 0 aromatic heterocycles. The van der Waals surface area contributed by atoms with Gasteiger partial charge in [-0.1, -0.05) is 6.92 Å². The Morgan fingerprint density at radius 1 is 1.19 bits per heavy atom. The molecule has 2 fully saturated rings. The fourth-order valence-corrected chi connectivity index (χ4v) is 4.24. The third-order valence-corrected chi connectivity index (χ3v) is 6.17. The van der Waals surface area contributed by atoms with E-state index in [4.69, 9.17) is 0 Å². The minimum Gasteiger partial charge on any atom is -0.325 e. The maximum absolute atomic E-state index is 12.9. The molecule has 2 heterocycles. The molecule has 1 aliphatic carbocycles. The number of anilines is 1. The van der Waals surface area contributed by atoms with Crippen LogP contribution in [-0.2, 0) is 9.59 Å². The molecular weight excluding hydrogens is 346 g/mol. The van der Waals surface area contributed by atoms with E-state index >= 15 is 0 Å². The van der Waals surface area contributed by atoms with E-state index < -0.39 is 11.6 Å². The predicted molar refractivity (Wildman–Crippen MR) is 98.4 cm³/mol. The normalized spacial score (nSPS) is 29.7. The van der Waals surface area contributed by atoms with Gasteiger partial charge < -0.3 is 10.6 Å². The first kappa shape index (κ1) is 17.7. The zero-order chi connectivity index (χ0) is 19.3. The van der Waals surface area contributed by atoms with Crippen LogP contribution in [0.15, 0.2) is 18.2 Å². The molecule has 1 aromatic carbocycles. The standard InChI is InChI=1S/C20H23N3O4/c1-11-5-7-20(8-6-11)18(26)23(19(27)22-20)10-16(24)13-3-4-15-14(9-13)12(2)17(25)21-15/h3-4,9,11-12H,5-8,10H2,1-2H3,(H,21,25)(H,22,27)/t11?,12-,20?/m0/s1. The van der Waals surface area contributed by atoms with Gasteiger partial charge in [0.05, 0.1) is 12.5 Å². The number of benzene rings is 1. The van der Waals surface area contributed by atoms with Crippen molar-refractivity contribution >= 4 is 29.3 Å². The molecule has 27 heavy (non-hydrogen) atoms. The molecule has 4 amide bonds. The van der Waals surface area contributed by atoms with Gasteiger partial charge in [0.2, 0.25) is 5.91 Å². The number of nitrogens with one attached hydrogen (secondary N) is 2. The van der Waals surface area contributed by atoms with Crippen LogP contribution in [-0.4, -0.2) is 40.6 Å². The maximum Gasteiger partial charge on any atom is 0.325 e. The first-order chi connectivity index (χ1) is 12.8. The summed E-state index contributed by atoms with van der Waals surface area (Å²) in [5.41, 5.74) is 1.03. The summed E-state index contributed by atoms with van der Waals surface area (Å²) in [6, 6.07) is 4.50. The van der Waals surface area contributed by atoms with Crippen molar-refractivity contribution in [2.45, 2.75) is 51.0 Å². The molecule has 3 aliphatic rings. The molecule has 142 valence electrons. The molecule has 7 heteroatoms. The van der Waals surface area contributed by atoms with Gasteiger partial charge in [0.1, 0.15) is 5.54 Å². The Labute approximate surface area is 157 Å². The molecule has 0 unspecified atom stereocenters. The number of amides is 4. The molecule has 0 bridgehead atoms. The van der Waals surface area contributed by atoms with E-state index in [1.807, 2.05) is 0 Å². The second kappa shape index (κ2) is 6.18. The molecule has 0 radical (unpaired) electrons. The van der Waals surface area contributed by atoms with Crippen LogP contribution in [0.5, 0.6) is 0 Å². The van der Waals surface area contributed by atoms with Crippen LogP contribution in [0.2, 0.25) is 0 Å². The van der Waals surface area contributed by atoms with E-state index in [0.717, 1.165) is 23.3 Å². The number of imide groups is 1. The Balaban J connectivity index is 1.51. The molecule has 7 nitrogen and oxygen atoms in total. The average molecular weight is 369 g/mol. The molecular formula is C20H23N3O4. The zero-order valence-corrected chi connectivity index (χ0v) is 15.5. The Morgan fingerprint density at radius 2 is 1.89 bits per heavy atom. The van der Waals surface area contributed by atoms with Crippen molar-refractivity contribution in [3.63, 3.8) is 0 Å². The quantitative estimate of drug-likeness (QED) is 0.632. The van der Waals surface area contributed by atoms with Crippen molar-refractivity contribution in [1.29, 1.82) is 0 Å². The Bertz CT molecular complexity index is 855. The van der Waals surface area contributed by atoms with Crippen molar-refractivity contribution in [3.05, 3.63) is 29.3 Å². The number of hydrogen-bond donors (Lipinski definition) is 2. The predicted octanol–water partition coefficient (Wildman–Crippen LogP) is 2.43. The zero-order valence-electron chi connectivity index (χ0n) is 15.5. The van der Waals surface area contributed by atoms with Gasteiger partial charge in [-0.2, -0.15) is 0 Å². The fraction of sp³-hybridized carbons (Fsp3) is 0.500. The number of fused-ring (bicyclic) bond motifs is 1. The highest BCUT2D eigenvalue weighted by molar-refractivity contribution is 6.11. The molecule has 2 N–H and O–H groups in total. The van der Waals surface area contributed by atoms with E-state index in [1.54, 1.807) is 25.1 Å². The minimum atomic E-state index is -0.841. The van der Waals surface area contributed by atoms with Gasteiger partial charge in [-0.15, -0.1) is 0 Å². The van der Waals surface area contributed by atoms with Gasteiger partial charge in [-0.3, -0.25) is 19.3 Å². The summed E-state index contributed by atoms with van der Waals surface area (Å²) in [5.74, 6) is -0.483. The second-order valence-corrected chi connectivity index (χ2v) is 8.02. The van der Waals surface area contributed by atoms with E-state index in [0.29, 0.717) is 30.0 Å². The number of carbonyl (C=O) groups is 4. The first-order valence-corrected chi connectivity index (χ1v) is 9.43. The highest BCUT2D eigenvalue weighted by Crippen LogP contribution is 2.37. The van der Waals surface area contributed by atoms with Crippen molar-refractivity contribution in [2.75, 3.05) is 11.9 Å². The summed E-state index contributed by atoms with van der Waals surface area (Å²) in [4.78, 5) is 50.8. The van der Waals surface area contributed by atoms with Crippen molar-refractivity contribution in [2.24, 2.45) is 5.92 Å². The van der Waals surface area contributed by atoms with E-state index in [9.17, 15) is 19.2 Å². The number of hydrogen-bond acceptors (Lipinski definition) is 4. The average Bonchev–Trinajstić information content (AvgIpc) is 3.06. The third-order valence-electron chi connectivity index (χ3n) is 6.17. The number of carbonyl (C=O) groups excluding carboxylic acids is 4. The van der Waals surface area contributed by atoms with Crippen molar-refractivity contribution in [3.8, 4) is 0 Å². The third kappa shape index (κ3) is 2.81. The van der Waals surface area contributed by atoms with Gasteiger partial charge in [-0.25, -0.2) is 4.79 Å². The second-order valence-electron chi connectivity index (χ2n) is 8.02. The van der Waals surface area contributed by atoms with Crippen molar-refractivity contribution in [1.82, 2.24) is 10.2 Å². The van der Waals surface area contributed by atoms with E-state index in [1.165, 1.54) is 0 Å². The van der Waals surface area contributed by atoms with E-state index in [2.05, 4.69) is 17.6 Å². The Morgan fingerprint density at radius 3 is 2.59 bits per heavy atom. The number of ketones is 1. The topological polar surface area (TPSA) is 95.6 Å². The van der Waals surface area contributed by atoms with Crippen LogP contribution in [0.25, 0.3) is 0 Å². The van der Waals surface area contributed by atoms with Crippen LogP contribution >= 0.6 is 0 Å². The van der Waals surface area contributed by atoms with Gasteiger partial charge in [0.25, 0.3) is 5.91 Å². The lowest BCUT2D eigenvalue weighted by Gasteiger charge is -2.33. The van der Waals surface area contributed by atoms with Crippen LogP contribution in [0.4, 0.5) is 10.5 Å². The lowest BCUT2D eigenvalue weighted by Crippen LogP contribution is -2.49. The molecule has 1 aromatic rings. The highest BCUT2D eigenvalue weighted by atomic mass is 16.2. The largest absolute Gasteiger partial charge is 0.325 e. The van der Waals surface area contributed by atoms with Crippen LogP contribution in [0, 0.1) is 5.92 Å². The molecule has 1 atom stereocenters. The molecule has 1 saturated carbocycles. The van der Waals surface area contributed by atoms with Crippen LogP contribution in [0.3, 0.4) is 0 Å². The summed E-state index contributed by atoms with van der Waals surface area (Å²) < 4.78 is 0. The lowest BCUT2D eigenvalue weighted by molar-refractivity contribution is -0.132. The van der Waals surface area contributed by atoms with Crippen LogP contribution in [0.1, 0.15) is 61.4 Å². The number of rotatable bonds is 3. The van der Waals surface area contributed by atoms with Crippen LogP contribution < -0.4 is 10.6 Å². The van der Waals surface area contributed by atoms with Gasteiger partial charge in [0, 0.05) is 11.3 Å². The molecule has 1 saturated heterocycles. The summed E-state index contributed by atoms with van der Waals surface area (Å²) in [6.07, 6.45) is 3.01. The number of Topliss-reactive ketones (excluding diaryl/α,β-unsaturated/α-hetero) is 1. The smallest absolute Gasteiger partial charge is 0.325 e. The Kier molecular flexibility index (Phi) is 4.05. The summed E-state index contributed by atoms with van der Waals surface area (Å²) >= 11 is 0. The summed E-state index contributed by atoms with van der Waals surface area (Å²) in [6.45, 7) is 3.64. The maximum atomic E-state index is 12.9. The molecule has 2 aliphatic heterocycles. The summed E-state index contributed by atoms with van der Waals surface area (Å²) in [7, 11) is 0. The van der Waals surface area contributed by atoms with Gasteiger partial charge in [-0.05, 0) is 62.3 Å².